The van der Waals surface area contributed by atoms with Crippen molar-refractivity contribution < 1.29 is 23.4 Å². The van der Waals surface area contributed by atoms with E-state index >= 15 is 0 Å². The summed E-state index contributed by atoms with van der Waals surface area (Å²) >= 11 is 5.04. The van der Waals surface area contributed by atoms with Gasteiger partial charge in [0.15, 0.2) is 17.7 Å². The molecule has 4 heterocycles. The topological polar surface area (TPSA) is 127 Å². The van der Waals surface area contributed by atoms with Gasteiger partial charge in [-0.3, -0.25) is 9.09 Å². The highest BCUT2D eigenvalue weighted by Crippen LogP contribution is 2.55. The van der Waals surface area contributed by atoms with Crippen LogP contribution in [0.3, 0.4) is 0 Å². The first-order valence-corrected chi connectivity index (χ1v) is 10.8. The molecule has 5 atom stereocenters. The van der Waals surface area contributed by atoms with Gasteiger partial charge in [-0.05, 0) is 18.2 Å². The number of ether oxygens (including phenoxy) is 2. The Morgan fingerprint density at radius 3 is 3.04 bits per heavy atom. The second-order valence-corrected chi connectivity index (χ2v) is 9.17. The van der Waals surface area contributed by atoms with Crippen molar-refractivity contribution in [1.29, 1.82) is 0 Å². The van der Waals surface area contributed by atoms with Gasteiger partial charge in [-0.2, -0.15) is 0 Å². The molecular weight excluding hydrogens is 381 g/mol. The molecule has 0 saturated carbocycles. The van der Waals surface area contributed by atoms with E-state index in [4.69, 9.17) is 36.1 Å². The largest absolute Gasteiger partial charge is 0.382 e. The maximum Gasteiger partial charge on any atom is 0.324 e. The van der Waals surface area contributed by atoms with Crippen molar-refractivity contribution in [3.63, 3.8) is 0 Å². The van der Waals surface area contributed by atoms with Gasteiger partial charge in [0.1, 0.15) is 29.7 Å². The third kappa shape index (κ3) is 2.75. The van der Waals surface area contributed by atoms with Gasteiger partial charge >= 0.3 is 6.72 Å². The van der Waals surface area contributed by atoms with Crippen LogP contribution < -0.4 is 5.73 Å². The maximum absolute atomic E-state index is 10.2. The van der Waals surface area contributed by atoms with E-state index in [1.54, 1.807) is 10.9 Å². The number of anilines is 1. The van der Waals surface area contributed by atoms with E-state index in [0.717, 1.165) is 0 Å². The first-order valence-electron chi connectivity index (χ1n) is 8.20. The van der Waals surface area contributed by atoms with E-state index in [1.165, 1.54) is 13.4 Å². The minimum Gasteiger partial charge on any atom is -0.382 e. The molecule has 0 aliphatic carbocycles. The SMILES string of the molecule is CC[C@@]12CCO[C@H](C(n3cnc4c(N)ncnc43)O1)C2OP(O)(=S)OC. The van der Waals surface area contributed by atoms with Crippen molar-refractivity contribution in [1.82, 2.24) is 19.5 Å². The molecule has 12 heteroatoms. The second-order valence-electron chi connectivity index (χ2n) is 6.27. The lowest BCUT2D eigenvalue weighted by atomic mass is 9.87. The number of aromatic nitrogens is 4. The molecule has 0 spiro atoms. The van der Waals surface area contributed by atoms with E-state index in [2.05, 4.69) is 15.0 Å². The lowest BCUT2D eigenvalue weighted by Crippen LogP contribution is -2.49. The number of nitrogen functional groups attached to an aromatic ring is 1. The van der Waals surface area contributed by atoms with E-state index in [-0.39, 0.29) is 0 Å². The first kappa shape index (κ1) is 18.2. The minimum absolute atomic E-state index is 0.291. The Labute approximate surface area is 154 Å². The van der Waals surface area contributed by atoms with Crippen LogP contribution >= 0.6 is 6.72 Å². The molecule has 0 radical (unpaired) electrons. The normalized spacial score (nSPS) is 33.4. The van der Waals surface area contributed by atoms with Crippen molar-refractivity contribution in [2.75, 3.05) is 19.5 Å². The Balaban J connectivity index is 1.76. The molecule has 2 fully saturated rings. The third-order valence-corrected chi connectivity index (χ3v) is 6.69. The van der Waals surface area contributed by atoms with E-state index in [0.29, 0.717) is 36.4 Å². The van der Waals surface area contributed by atoms with Crippen LogP contribution in [0, 0.1) is 0 Å². The number of rotatable bonds is 5. The van der Waals surface area contributed by atoms with Crippen LogP contribution in [0.25, 0.3) is 11.2 Å². The smallest absolute Gasteiger partial charge is 0.324 e. The van der Waals surface area contributed by atoms with E-state index < -0.39 is 30.8 Å². The Hall–Kier alpha value is -1.20. The van der Waals surface area contributed by atoms with Gasteiger partial charge in [-0.25, -0.2) is 15.0 Å². The predicted molar refractivity (Wildman–Crippen MR) is 95.6 cm³/mol. The Bertz CT molecular complexity index is 881. The van der Waals surface area contributed by atoms with Crippen LogP contribution in [0.2, 0.25) is 0 Å². The van der Waals surface area contributed by atoms with Crippen LogP contribution in [0.15, 0.2) is 12.7 Å². The van der Waals surface area contributed by atoms with Crippen molar-refractivity contribution >= 4 is 35.5 Å². The van der Waals surface area contributed by atoms with E-state index in [9.17, 15) is 4.89 Å². The molecule has 3 N–H and O–H groups in total. The standard InChI is InChI=1S/C14H20N5O5PS/c1-3-14-4-5-22-9(10(14)24-25(20,26)21-2)13(23-14)19-7-18-8-11(15)16-6-17-12(8)19/h6-7,9-10,13H,3-5H2,1-2H3,(H,20,26)(H2,15,16,17)/t9-,10?,13?,14-,25?/m0/s1. The number of fused-ring (bicyclic) bond motifs is 3. The summed E-state index contributed by atoms with van der Waals surface area (Å²) in [7, 11) is 1.33. The van der Waals surface area contributed by atoms with Gasteiger partial charge in [0.25, 0.3) is 0 Å². The zero-order chi connectivity index (χ0) is 18.5. The summed E-state index contributed by atoms with van der Waals surface area (Å²) in [4.78, 5) is 22.7. The summed E-state index contributed by atoms with van der Waals surface area (Å²) in [5, 5.41) is 0. The van der Waals surface area contributed by atoms with Crippen LogP contribution in [-0.2, 0) is 30.3 Å². The zero-order valence-corrected chi connectivity index (χ0v) is 16.0. The molecule has 2 saturated heterocycles. The Morgan fingerprint density at radius 1 is 1.50 bits per heavy atom. The summed E-state index contributed by atoms with van der Waals surface area (Å²) < 4.78 is 24.8. The molecule has 10 nitrogen and oxygen atoms in total. The number of imidazole rings is 1. The van der Waals surface area contributed by atoms with Crippen LogP contribution in [0.4, 0.5) is 5.82 Å². The van der Waals surface area contributed by atoms with Gasteiger partial charge in [0, 0.05) is 13.5 Å². The van der Waals surface area contributed by atoms with Crippen molar-refractivity contribution in [3.8, 4) is 0 Å². The molecule has 4 rings (SSSR count). The molecule has 142 valence electrons. The molecule has 2 aromatic rings. The molecule has 0 aromatic carbocycles. The van der Waals surface area contributed by atoms with Crippen LogP contribution in [-0.4, -0.2) is 55.9 Å². The molecule has 3 unspecified atom stereocenters. The first-order chi connectivity index (χ1) is 12.4. The fraction of sp³-hybridized carbons (Fsp3) is 0.643. The fourth-order valence-corrected chi connectivity index (χ4v) is 4.60. The summed E-state index contributed by atoms with van der Waals surface area (Å²) in [5.41, 5.74) is 6.26. The predicted octanol–water partition coefficient (Wildman–Crippen LogP) is 1.12. The highest BCUT2D eigenvalue weighted by atomic mass is 32.5. The second kappa shape index (κ2) is 6.45. The fourth-order valence-electron chi connectivity index (χ4n) is 3.64. The van der Waals surface area contributed by atoms with Gasteiger partial charge < -0.3 is 24.6 Å². The lowest BCUT2D eigenvalue weighted by molar-refractivity contribution is -0.116. The Morgan fingerprint density at radius 2 is 2.31 bits per heavy atom. The molecule has 2 aliphatic heterocycles. The third-order valence-electron chi connectivity index (χ3n) is 5.03. The van der Waals surface area contributed by atoms with Gasteiger partial charge in [-0.15, -0.1) is 0 Å². The quantitative estimate of drug-likeness (QED) is 0.704. The van der Waals surface area contributed by atoms with Crippen molar-refractivity contribution in [3.05, 3.63) is 12.7 Å². The average molecular weight is 401 g/mol. The average Bonchev–Trinajstić information content (AvgIpc) is 3.11. The highest BCUT2D eigenvalue weighted by molar-refractivity contribution is 8.07. The van der Waals surface area contributed by atoms with Crippen molar-refractivity contribution in [2.24, 2.45) is 0 Å². The molecule has 26 heavy (non-hydrogen) atoms. The maximum atomic E-state index is 10.2. The molecule has 2 aliphatic rings. The van der Waals surface area contributed by atoms with Gasteiger partial charge in [-0.1, -0.05) is 6.92 Å². The minimum atomic E-state index is -3.39. The summed E-state index contributed by atoms with van der Waals surface area (Å²) in [6.45, 7) is -0.874. The van der Waals surface area contributed by atoms with Crippen LogP contribution in [0.5, 0.6) is 0 Å². The summed E-state index contributed by atoms with van der Waals surface area (Å²) in [5.74, 6) is 0.291. The molecule has 2 aromatic heterocycles. The van der Waals surface area contributed by atoms with Gasteiger partial charge in [0.2, 0.25) is 0 Å². The number of hydrogen-bond acceptors (Lipinski definition) is 9. The lowest BCUT2D eigenvalue weighted by Gasteiger charge is -2.38. The van der Waals surface area contributed by atoms with Crippen molar-refractivity contribution in [2.45, 2.75) is 43.8 Å². The monoisotopic (exact) mass is 401 g/mol. The number of nitrogens with two attached hydrogens (primary N) is 1. The number of nitrogens with zero attached hydrogens (tertiary/aromatic N) is 4. The van der Waals surface area contributed by atoms with Crippen LogP contribution in [0.1, 0.15) is 26.0 Å². The summed E-state index contributed by atoms with van der Waals surface area (Å²) in [6, 6.07) is 0. The highest BCUT2D eigenvalue weighted by Gasteiger charge is 2.60. The summed E-state index contributed by atoms with van der Waals surface area (Å²) in [6.07, 6.45) is 2.63. The molecular formula is C14H20N5O5PS. The molecule has 2 bridgehead atoms. The number of hydrogen-bond donors (Lipinski definition) is 2. The molecule has 0 amide bonds. The Kier molecular flexibility index (Phi) is 4.51. The zero-order valence-electron chi connectivity index (χ0n) is 14.3. The van der Waals surface area contributed by atoms with Gasteiger partial charge in [0.05, 0.1) is 12.9 Å². The van der Waals surface area contributed by atoms with E-state index in [1.807, 2.05) is 6.92 Å².